The van der Waals surface area contributed by atoms with Crippen molar-refractivity contribution in [3.05, 3.63) is 29.6 Å². The molecule has 104 valence electrons. The number of likely N-dealkylation sites (N-methyl/N-ethyl adjacent to an activating group) is 1. The Balaban J connectivity index is 1.81. The lowest BCUT2D eigenvalue weighted by atomic mass is 9.85. The van der Waals surface area contributed by atoms with E-state index in [1.165, 1.54) is 30.5 Å². The summed E-state index contributed by atoms with van der Waals surface area (Å²) in [5.74, 6) is 1.20. The molecule has 1 aliphatic heterocycles. The average molecular weight is 260 g/mol. The second-order valence-corrected chi connectivity index (χ2v) is 5.92. The van der Waals surface area contributed by atoms with Gasteiger partial charge in [0.05, 0.1) is 12.7 Å². The first-order chi connectivity index (χ1) is 9.29. The van der Waals surface area contributed by atoms with E-state index in [0.29, 0.717) is 24.0 Å². The molecule has 0 spiro atoms. The molecule has 0 bridgehead atoms. The first kappa shape index (κ1) is 13.1. The summed E-state index contributed by atoms with van der Waals surface area (Å²) >= 11 is 0. The van der Waals surface area contributed by atoms with Gasteiger partial charge in [0.25, 0.3) is 0 Å². The van der Waals surface area contributed by atoms with Gasteiger partial charge in [-0.15, -0.1) is 0 Å². The van der Waals surface area contributed by atoms with Crippen molar-refractivity contribution in [1.29, 1.82) is 0 Å². The Hall–Kier alpha value is -0.930. The van der Waals surface area contributed by atoms with Gasteiger partial charge < -0.3 is 10.1 Å². The van der Waals surface area contributed by atoms with Crippen LogP contribution in [0.15, 0.2) is 18.3 Å². The minimum Gasteiger partial charge on any atom is -0.378 e. The highest BCUT2D eigenvalue weighted by atomic mass is 16.5. The molecule has 19 heavy (non-hydrogen) atoms. The maximum absolute atomic E-state index is 5.78. The van der Waals surface area contributed by atoms with Crippen LogP contribution < -0.4 is 5.32 Å². The van der Waals surface area contributed by atoms with Gasteiger partial charge in [-0.2, -0.15) is 0 Å². The Labute approximate surface area is 115 Å². The van der Waals surface area contributed by atoms with Gasteiger partial charge in [0.1, 0.15) is 0 Å². The van der Waals surface area contributed by atoms with Crippen LogP contribution in [0, 0.1) is 5.92 Å². The highest BCUT2D eigenvalue weighted by Crippen LogP contribution is 2.38. The molecule has 4 unspecified atom stereocenters. The molecule has 3 heteroatoms. The number of nitrogens with one attached hydrogen (secondary N) is 1. The van der Waals surface area contributed by atoms with Crippen molar-refractivity contribution in [1.82, 2.24) is 10.3 Å². The van der Waals surface area contributed by atoms with Crippen molar-refractivity contribution in [3.8, 4) is 0 Å². The molecule has 3 rings (SSSR count). The largest absolute Gasteiger partial charge is 0.378 e. The van der Waals surface area contributed by atoms with Crippen molar-refractivity contribution in [2.45, 2.75) is 51.2 Å². The molecular weight excluding hydrogens is 236 g/mol. The number of hydrogen-bond acceptors (Lipinski definition) is 3. The fourth-order valence-corrected chi connectivity index (χ4v) is 3.77. The van der Waals surface area contributed by atoms with E-state index in [0.717, 1.165) is 13.2 Å². The van der Waals surface area contributed by atoms with E-state index < -0.39 is 0 Å². The lowest BCUT2D eigenvalue weighted by molar-refractivity contribution is 0.115. The monoisotopic (exact) mass is 260 g/mol. The van der Waals surface area contributed by atoms with Gasteiger partial charge in [-0.25, -0.2) is 0 Å². The van der Waals surface area contributed by atoms with Gasteiger partial charge in [0.15, 0.2) is 0 Å². The summed E-state index contributed by atoms with van der Waals surface area (Å²) in [4.78, 5) is 4.65. The van der Waals surface area contributed by atoms with Crippen LogP contribution >= 0.6 is 0 Å². The van der Waals surface area contributed by atoms with E-state index in [9.17, 15) is 0 Å². The molecule has 2 aliphatic rings. The topological polar surface area (TPSA) is 34.1 Å². The van der Waals surface area contributed by atoms with Gasteiger partial charge >= 0.3 is 0 Å². The third-order valence-electron chi connectivity index (χ3n) is 4.61. The Bertz CT molecular complexity index is 435. The van der Waals surface area contributed by atoms with Crippen molar-refractivity contribution < 1.29 is 4.74 Å². The van der Waals surface area contributed by atoms with Gasteiger partial charge in [-0.05, 0) is 44.4 Å². The number of hydrogen-bond donors (Lipinski definition) is 1. The molecule has 1 aromatic rings. The lowest BCUT2D eigenvalue weighted by Gasteiger charge is -2.29. The van der Waals surface area contributed by atoms with Gasteiger partial charge in [-0.3, -0.25) is 4.98 Å². The summed E-state index contributed by atoms with van der Waals surface area (Å²) in [5, 5.41) is 3.71. The number of aromatic nitrogens is 1. The predicted octanol–water partition coefficient (Wildman–Crippen LogP) is 2.51. The molecule has 1 N–H and O–H groups in total. The molecule has 0 amide bonds. The fraction of sp³-hybridized carbons (Fsp3) is 0.688. The van der Waals surface area contributed by atoms with Crippen LogP contribution in [0.3, 0.4) is 0 Å². The van der Waals surface area contributed by atoms with Crippen molar-refractivity contribution in [2.75, 3.05) is 13.2 Å². The second-order valence-electron chi connectivity index (χ2n) is 5.92. The zero-order valence-corrected chi connectivity index (χ0v) is 11.9. The minimum atomic E-state index is 0.413. The van der Waals surface area contributed by atoms with Crippen LogP contribution in [0.1, 0.15) is 43.9 Å². The van der Waals surface area contributed by atoms with E-state index in [1.807, 2.05) is 6.20 Å². The van der Waals surface area contributed by atoms with E-state index in [2.05, 4.69) is 36.3 Å². The third-order valence-corrected chi connectivity index (χ3v) is 4.61. The smallest absolute Gasteiger partial charge is 0.0551 e. The maximum Gasteiger partial charge on any atom is 0.0551 e. The van der Waals surface area contributed by atoms with E-state index in [4.69, 9.17) is 4.74 Å². The first-order valence-corrected chi connectivity index (χ1v) is 7.58. The average Bonchev–Trinajstić information content (AvgIpc) is 3.03. The quantitative estimate of drug-likeness (QED) is 0.903. The van der Waals surface area contributed by atoms with E-state index in [1.54, 1.807) is 0 Å². The standard InChI is InChI=1S/C16H24N2O/c1-3-17-16(13-9-11(2)19-10-13)14-7-6-12-5-4-8-18-15(12)14/h4-5,8,11,13-14,16-17H,3,6-7,9-10H2,1-2H3. The summed E-state index contributed by atoms with van der Waals surface area (Å²) in [7, 11) is 0. The summed E-state index contributed by atoms with van der Waals surface area (Å²) in [6.07, 6.45) is 5.94. The second kappa shape index (κ2) is 5.59. The van der Waals surface area contributed by atoms with Crippen LogP contribution in [0.25, 0.3) is 0 Å². The minimum absolute atomic E-state index is 0.413. The van der Waals surface area contributed by atoms with Crippen LogP contribution in [0.5, 0.6) is 0 Å². The first-order valence-electron chi connectivity index (χ1n) is 7.58. The summed E-state index contributed by atoms with van der Waals surface area (Å²) in [6.45, 7) is 6.30. The molecule has 0 radical (unpaired) electrons. The molecule has 1 aliphatic carbocycles. The Morgan fingerprint density at radius 3 is 3.16 bits per heavy atom. The highest BCUT2D eigenvalue weighted by Gasteiger charge is 2.38. The number of ether oxygens (including phenoxy) is 1. The molecule has 1 fully saturated rings. The van der Waals surface area contributed by atoms with Crippen molar-refractivity contribution >= 4 is 0 Å². The van der Waals surface area contributed by atoms with Crippen molar-refractivity contribution in [2.24, 2.45) is 5.92 Å². The Morgan fingerprint density at radius 2 is 2.42 bits per heavy atom. The molecule has 2 heterocycles. The van der Waals surface area contributed by atoms with Gasteiger partial charge in [-0.1, -0.05) is 13.0 Å². The molecule has 1 saturated heterocycles. The van der Waals surface area contributed by atoms with E-state index in [-0.39, 0.29) is 0 Å². The van der Waals surface area contributed by atoms with Crippen molar-refractivity contribution in [3.63, 3.8) is 0 Å². The zero-order chi connectivity index (χ0) is 13.2. The number of rotatable bonds is 4. The summed E-state index contributed by atoms with van der Waals surface area (Å²) < 4.78 is 5.78. The molecule has 1 aromatic heterocycles. The van der Waals surface area contributed by atoms with Crippen LogP contribution in [-0.4, -0.2) is 30.3 Å². The predicted molar refractivity (Wildman–Crippen MR) is 76.3 cm³/mol. The maximum atomic E-state index is 5.78. The Morgan fingerprint density at radius 1 is 1.53 bits per heavy atom. The van der Waals surface area contributed by atoms with Gasteiger partial charge in [0, 0.05) is 29.8 Å². The third kappa shape index (κ3) is 2.54. The van der Waals surface area contributed by atoms with Crippen LogP contribution in [0.4, 0.5) is 0 Å². The summed E-state index contributed by atoms with van der Waals surface area (Å²) in [5.41, 5.74) is 2.77. The molecule has 0 saturated carbocycles. The molecule has 3 nitrogen and oxygen atoms in total. The molecular formula is C16H24N2O. The number of fused-ring (bicyclic) bond motifs is 1. The number of pyridine rings is 1. The fourth-order valence-electron chi connectivity index (χ4n) is 3.77. The number of nitrogens with zero attached hydrogens (tertiary/aromatic N) is 1. The summed E-state index contributed by atoms with van der Waals surface area (Å²) in [6, 6.07) is 4.81. The molecule has 0 aromatic carbocycles. The van der Waals surface area contributed by atoms with Crippen LogP contribution in [0.2, 0.25) is 0 Å². The zero-order valence-electron chi connectivity index (χ0n) is 11.9. The lowest BCUT2D eigenvalue weighted by Crippen LogP contribution is -2.41. The van der Waals surface area contributed by atoms with E-state index >= 15 is 0 Å². The SMILES string of the molecule is CCNC(C1COC(C)C1)C1CCc2cccnc21. The Kier molecular flexibility index (Phi) is 3.85. The molecule has 4 atom stereocenters. The normalized spacial score (nSPS) is 31.4. The number of aryl methyl sites for hydroxylation is 1. The highest BCUT2D eigenvalue weighted by molar-refractivity contribution is 5.30. The van der Waals surface area contributed by atoms with Gasteiger partial charge in [0.2, 0.25) is 0 Å². The van der Waals surface area contributed by atoms with Crippen LogP contribution in [-0.2, 0) is 11.2 Å².